The lowest BCUT2D eigenvalue weighted by Gasteiger charge is -2.45. The van der Waals surface area contributed by atoms with E-state index in [1.807, 2.05) is 4.90 Å². The van der Waals surface area contributed by atoms with Gasteiger partial charge in [-0.05, 0) is 58.3 Å². The van der Waals surface area contributed by atoms with E-state index in [2.05, 4.69) is 57.1 Å². The van der Waals surface area contributed by atoms with Gasteiger partial charge in [0.05, 0.1) is 24.5 Å². The highest BCUT2D eigenvalue weighted by Gasteiger charge is 2.77. The number of hydrogen-bond acceptors (Lipinski definition) is 6. The zero-order chi connectivity index (χ0) is 27.8. The molecule has 0 aromatic heterocycles. The Morgan fingerprint density at radius 3 is 2.51 bits per heavy atom. The van der Waals surface area contributed by atoms with E-state index in [0.29, 0.717) is 32.4 Å². The van der Waals surface area contributed by atoms with E-state index >= 15 is 0 Å². The van der Waals surface area contributed by atoms with Gasteiger partial charge in [0.15, 0.2) is 0 Å². The molecule has 3 aliphatic heterocycles. The number of nitrogens with zero attached hydrogens (tertiary/aromatic N) is 2. The summed E-state index contributed by atoms with van der Waals surface area (Å²) in [4.78, 5) is 45.0. The fourth-order valence-electron chi connectivity index (χ4n) is 7.03. The predicted molar refractivity (Wildman–Crippen MR) is 145 cm³/mol. The van der Waals surface area contributed by atoms with Gasteiger partial charge in [-0.1, -0.05) is 42.8 Å². The van der Waals surface area contributed by atoms with Crippen LogP contribution in [0.3, 0.4) is 0 Å². The van der Waals surface area contributed by atoms with Crippen molar-refractivity contribution >= 4 is 33.7 Å². The second-order valence-corrected chi connectivity index (χ2v) is 13.7. The molecule has 0 saturated carbocycles. The minimum absolute atomic E-state index is 0.0300. The van der Waals surface area contributed by atoms with E-state index < -0.39 is 41.1 Å². The van der Waals surface area contributed by atoms with Crippen LogP contribution in [-0.2, 0) is 23.9 Å². The lowest BCUT2D eigenvalue weighted by atomic mass is 9.70. The monoisotopic (exact) mass is 584 g/mol. The van der Waals surface area contributed by atoms with Crippen LogP contribution in [0, 0.1) is 17.3 Å². The molecule has 2 amide bonds. The maximum atomic E-state index is 14.6. The van der Waals surface area contributed by atoms with Crippen LogP contribution < -0.4 is 0 Å². The van der Waals surface area contributed by atoms with Crippen LogP contribution in [-0.4, -0.2) is 87.1 Å². The van der Waals surface area contributed by atoms with Crippen LogP contribution in [0.25, 0.3) is 0 Å². The highest BCUT2D eigenvalue weighted by Crippen LogP contribution is 2.60. The molecular weight excluding hydrogens is 540 g/mol. The summed E-state index contributed by atoms with van der Waals surface area (Å²) in [5.41, 5.74) is -1.63. The average Bonchev–Trinajstić information content (AvgIpc) is 3.36. The summed E-state index contributed by atoms with van der Waals surface area (Å²) in [6.45, 7) is 17.2. The average molecular weight is 586 g/mol. The summed E-state index contributed by atoms with van der Waals surface area (Å²) < 4.78 is 11.9. The van der Waals surface area contributed by atoms with E-state index in [9.17, 15) is 19.5 Å². The first-order valence-corrected chi connectivity index (χ1v) is 14.5. The third-order valence-electron chi connectivity index (χ3n) is 7.91. The van der Waals surface area contributed by atoms with Gasteiger partial charge in [-0.15, -0.1) is 6.58 Å². The number of esters is 1. The molecule has 210 valence electrons. The number of ether oxygens (including phenoxy) is 2. The number of hydrogen-bond donors (Lipinski definition) is 1. The van der Waals surface area contributed by atoms with Crippen molar-refractivity contribution in [1.29, 1.82) is 0 Å². The summed E-state index contributed by atoms with van der Waals surface area (Å²) in [5.74, 6) is -2.33. The van der Waals surface area contributed by atoms with Gasteiger partial charge in [0.2, 0.25) is 11.8 Å². The molecule has 3 fully saturated rings. The second kappa shape index (κ2) is 11.3. The Kier molecular flexibility index (Phi) is 9.23. The minimum atomic E-state index is -1.10. The summed E-state index contributed by atoms with van der Waals surface area (Å²) in [6.07, 6.45) is 4.44. The first-order valence-electron chi connectivity index (χ1n) is 13.6. The molecule has 0 aromatic rings. The first kappa shape index (κ1) is 30.1. The summed E-state index contributed by atoms with van der Waals surface area (Å²) in [7, 11) is 0. The molecule has 1 spiro atoms. The number of carbonyl (C=O) groups is 3. The van der Waals surface area contributed by atoms with Crippen LogP contribution in [0.1, 0.15) is 73.6 Å². The number of rotatable bonds is 12. The molecule has 1 N–H and O–H groups in total. The van der Waals surface area contributed by atoms with Crippen molar-refractivity contribution in [2.45, 2.75) is 102 Å². The zero-order valence-electron chi connectivity index (χ0n) is 23.3. The van der Waals surface area contributed by atoms with Crippen molar-refractivity contribution in [3.05, 3.63) is 12.7 Å². The smallest absolute Gasteiger partial charge is 0.312 e. The Labute approximate surface area is 230 Å². The van der Waals surface area contributed by atoms with E-state index in [1.54, 1.807) is 17.9 Å². The Hall–Kier alpha value is -1.45. The van der Waals surface area contributed by atoms with Gasteiger partial charge in [-0.25, -0.2) is 0 Å². The van der Waals surface area contributed by atoms with Crippen molar-refractivity contribution < 1.29 is 29.0 Å². The summed E-state index contributed by atoms with van der Waals surface area (Å²) >= 11 is 3.69. The molecule has 0 aromatic carbocycles. The Morgan fingerprint density at radius 1 is 1.27 bits per heavy atom. The van der Waals surface area contributed by atoms with Gasteiger partial charge in [0, 0.05) is 30.1 Å². The normalized spacial score (nSPS) is 31.0. The fraction of sp³-hybridized carbons (Fsp3) is 0.821. The number of amides is 2. The van der Waals surface area contributed by atoms with Gasteiger partial charge in [0.1, 0.15) is 11.6 Å². The predicted octanol–water partition coefficient (Wildman–Crippen LogP) is 3.69. The lowest BCUT2D eigenvalue weighted by molar-refractivity contribution is -0.155. The maximum absolute atomic E-state index is 14.6. The number of unbranched alkanes of at least 4 members (excludes halogenated alkanes) is 2. The van der Waals surface area contributed by atoms with Crippen molar-refractivity contribution in [3.63, 3.8) is 0 Å². The highest BCUT2D eigenvalue weighted by atomic mass is 79.9. The summed E-state index contributed by atoms with van der Waals surface area (Å²) in [6, 6.07) is -0.845. The SMILES string of the molecule is C=CCN(C(=O)C1N(CCCCCO)C(=O)[C@@H]2[C@@H](C(=O)OCC)[C@@H]3OC12CC3Br)C(C)(C)CC(C)(C)C. The highest BCUT2D eigenvalue weighted by molar-refractivity contribution is 9.09. The number of alkyl halides is 1. The number of halogens is 1. The third kappa shape index (κ3) is 5.64. The van der Waals surface area contributed by atoms with Crippen molar-refractivity contribution in [2.75, 3.05) is 26.3 Å². The number of aliphatic hydroxyl groups excluding tert-OH is 1. The van der Waals surface area contributed by atoms with Crippen LogP contribution in [0.4, 0.5) is 0 Å². The van der Waals surface area contributed by atoms with Crippen LogP contribution in [0.15, 0.2) is 12.7 Å². The van der Waals surface area contributed by atoms with Gasteiger partial charge in [0.25, 0.3) is 0 Å². The van der Waals surface area contributed by atoms with Gasteiger partial charge < -0.3 is 24.4 Å². The topological polar surface area (TPSA) is 96.4 Å². The molecule has 2 bridgehead atoms. The summed E-state index contributed by atoms with van der Waals surface area (Å²) in [5, 5.41) is 9.23. The Balaban J connectivity index is 2.06. The number of carbonyl (C=O) groups excluding carboxylic acids is 3. The Bertz CT molecular complexity index is 886. The molecule has 9 heteroatoms. The maximum Gasteiger partial charge on any atom is 0.312 e. The molecule has 6 atom stereocenters. The molecule has 3 saturated heterocycles. The molecule has 8 nitrogen and oxygen atoms in total. The van der Waals surface area contributed by atoms with Crippen molar-refractivity contribution in [1.82, 2.24) is 9.80 Å². The lowest BCUT2D eigenvalue weighted by Crippen LogP contribution is -2.61. The number of aliphatic hydroxyl groups is 1. The van der Waals surface area contributed by atoms with Gasteiger partial charge >= 0.3 is 5.97 Å². The third-order valence-corrected chi connectivity index (χ3v) is 8.76. The molecular formula is C28H45BrN2O6. The van der Waals surface area contributed by atoms with E-state index in [1.165, 1.54) is 0 Å². The van der Waals surface area contributed by atoms with Crippen LogP contribution >= 0.6 is 15.9 Å². The Morgan fingerprint density at radius 2 is 1.95 bits per heavy atom. The van der Waals surface area contributed by atoms with Crippen LogP contribution in [0.2, 0.25) is 0 Å². The number of likely N-dealkylation sites (tertiary alicyclic amines) is 1. The van der Waals surface area contributed by atoms with Crippen molar-refractivity contribution in [3.8, 4) is 0 Å². The molecule has 3 heterocycles. The fourth-order valence-corrected chi connectivity index (χ4v) is 7.98. The van der Waals surface area contributed by atoms with E-state index in [4.69, 9.17) is 9.47 Å². The standard InChI is InChI=1S/C28H45BrN2O6/c1-8-13-31(27(6,7)17-26(3,4)5)24(34)22-28-16-18(29)21(37-28)19(25(35)36-9-2)20(28)23(33)30(22)14-11-10-12-15-32/h8,18-22,32H,1,9-17H2,2-7H3/t18?,19-,20+,21-,22?,28?/m1/s1. The van der Waals surface area contributed by atoms with E-state index in [-0.39, 0.29) is 35.3 Å². The van der Waals surface area contributed by atoms with Crippen molar-refractivity contribution in [2.24, 2.45) is 17.3 Å². The largest absolute Gasteiger partial charge is 0.466 e. The first-order chi connectivity index (χ1) is 17.3. The quantitative estimate of drug-likeness (QED) is 0.163. The van der Waals surface area contributed by atoms with Gasteiger partial charge in [-0.2, -0.15) is 0 Å². The second-order valence-electron chi connectivity index (χ2n) is 12.5. The number of fused-ring (bicyclic) bond motifs is 1. The zero-order valence-corrected chi connectivity index (χ0v) is 24.9. The minimum Gasteiger partial charge on any atom is -0.466 e. The molecule has 3 aliphatic rings. The van der Waals surface area contributed by atoms with Crippen LogP contribution in [0.5, 0.6) is 0 Å². The molecule has 0 aliphatic carbocycles. The van der Waals surface area contributed by atoms with E-state index in [0.717, 1.165) is 12.8 Å². The molecule has 37 heavy (non-hydrogen) atoms. The molecule has 0 radical (unpaired) electrons. The molecule has 3 rings (SSSR count). The molecule has 3 unspecified atom stereocenters. The van der Waals surface area contributed by atoms with Gasteiger partial charge in [-0.3, -0.25) is 14.4 Å².